The summed E-state index contributed by atoms with van der Waals surface area (Å²) >= 11 is 1.16. The van der Waals surface area contributed by atoms with Crippen LogP contribution in [-0.2, 0) is 4.79 Å². The predicted molar refractivity (Wildman–Crippen MR) is 89.8 cm³/mol. The average molecular weight is 353 g/mol. The van der Waals surface area contributed by atoms with Gasteiger partial charge in [0.2, 0.25) is 0 Å². The number of Topliss-reactive ketones (excluding diaryl/α,β-unsaturated/α-hetero) is 1. The Morgan fingerprint density at radius 1 is 1.25 bits per heavy atom. The molecule has 1 N–H and O–H groups in total. The third-order valence-electron chi connectivity index (χ3n) is 3.08. The fourth-order valence-corrected chi connectivity index (χ4v) is 2.64. The van der Waals surface area contributed by atoms with Crippen LogP contribution in [0.15, 0.2) is 29.1 Å². The summed E-state index contributed by atoms with van der Waals surface area (Å²) in [6, 6.07) is 5.94. The molecule has 2 rings (SSSR count). The summed E-state index contributed by atoms with van der Waals surface area (Å²) in [5.41, 5.74) is -0.163. The summed E-state index contributed by atoms with van der Waals surface area (Å²) in [6.45, 7) is 2.52. The monoisotopic (exact) mass is 353 g/mol. The second kappa shape index (κ2) is 7.09. The third-order valence-corrected chi connectivity index (χ3v) is 4.05. The number of alkyl halides is 2. The van der Waals surface area contributed by atoms with Crippen LogP contribution in [0.5, 0.6) is 5.75 Å². The van der Waals surface area contributed by atoms with Gasteiger partial charge in [0, 0.05) is 11.5 Å². The molecule has 7 heteroatoms. The van der Waals surface area contributed by atoms with Gasteiger partial charge in [-0.25, -0.2) is 0 Å². The van der Waals surface area contributed by atoms with E-state index < -0.39 is 12.0 Å². The first-order valence-electron chi connectivity index (χ1n) is 7.17. The van der Waals surface area contributed by atoms with Crippen LogP contribution in [0.1, 0.15) is 26.3 Å². The van der Waals surface area contributed by atoms with Crippen molar-refractivity contribution in [2.24, 2.45) is 5.41 Å². The fraction of sp³-hybridized carbons (Fsp3) is 0.294. The lowest BCUT2D eigenvalue weighted by molar-refractivity contribution is -0.120. The maximum absolute atomic E-state index is 12.1. The normalized spacial score (nSPS) is 13.6. The Balaban J connectivity index is 2.33. The largest absolute Gasteiger partial charge is 0.435 e. The van der Waals surface area contributed by atoms with Crippen molar-refractivity contribution in [3.63, 3.8) is 0 Å². The topological polar surface area (TPSA) is 59.2 Å². The number of ether oxygens (including phenoxy) is 1. The van der Waals surface area contributed by atoms with Crippen LogP contribution >= 0.6 is 11.3 Å². The van der Waals surface area contributed by atoms with E-state index in [1.54, 1.807) is 39.0 Å². The summed E-state index contributed by atoms with van der Waals surface area (Å²) in [5.74, 6) is -0.0351. The molecule has 0 fully saturated rings. The number of ketones is 1. The lowest BCUT2D eigenvalue weighted by atomic mass is 9.91. The zero-order valence-electron chi connectivity index (χ0n) is 13.4. The molecule has 0 bridgehead atoms. The van der Waals surface area contributed by atoms with E-state index in [9.17, 15) is 18.4 Å². The smallest absolute Gasteiger partial charge is 0.387 e. The number of aromatic nitrogens is 1. The van der Waals surface area contributed by atoms with Gasteiger partial charge in [0.15, 0.2) is 5.78 Å². The number of carbonyl (C=O) groups is 1. The number of aromatic amines is 1. The van der Waals surface area contributed by atoms with Crippen molar-refractivity contribution in [2.75, 3.05) is 0 Å². The summed E-state index contributed by atoms with van der Waals surface area (Å²) in [5, 5.41) is 0. The van der Waals surface area contributed by atoms with E-state index in [0.29, 0.717) is 14.8 Å². The van der Waals surface area contributed by atoms with E-state index >= 15 is 0 Å². The third kappa shape index (κ3) is 4.86. The van der Waals surface area contributed by atoms with Crippen molar-refractivity contribution >= 4 is 29.3 Å². The molecule has 0 aliphatic carbocycles. The maximum Gasteiger partial charge on any atom is 0.387 e. The Labute approximate surface area is 141 Å². The molecule has 2 aromatic rings. The summed E-state index contributed by atoms with van der Waals surface area (Å²) in [4.78, 5) is 26.6. The lowest BCUT2D eigenvalue weighted by Gasteiger charge is -2.12. The zero-order chi connectivity index (χ0) is 17.9. The predicted octanol–water partition coefficient (Wildman–Crippen LogP) is 2.26. The number of halogens is 2. The summed E-state index contributed by atoms with van der Waals surface area (Å²) in [7, 11) is 0. The molecule has 0 radical (unpaired) electrons. The van der Waals surface area contributed by atoms with Gasteiger partial charge in [-0.1, -0.05) is 32.9 Å². The lowest BCUT2D eigenvalue weighted by Crippen LogP contribution is -2.22. The van der Waals surface area contributed by atoms with Crippen molar-refractivity contribution in [3.05, 3.63) is 49.4 Å². The average Bonchev–Trinajstić information content (AvgIpc) is 2.79. The number of benzene rings is 1. The molecular formula is C17H17F2NO3S. The standard InChI is InChI=1S/C17H17F2NO3S/c1-17(2,3)13(21)9-14-20-15(22)12(24-14)8-10-4-6-11(7-5-10)23-16(18)19/h4-9,16H,1-3H3,(H,20,22)/b12-8-,14-9-. The second-order valence-corrected chi connectivity index (χ2v) is 7.22. The fourth-order valence-electron chi connectivity index (χ4n) is 1.76. The highest BCUT2D eigenvalue weighted by Gasteiger charge is 2.18. The van der Waals surface area contributed by atoms with Gasteiger partial charge in [-0.2, -0.15) is 8.78 Å². The zero-order valence-corrected chi connectivity index (χ0v) is 14.2. The molecule has 0 aliphatic rings. The Bertz CT molecular complexity index is 890. The summed E-state index contributed by atoms with van der Waals surface area (Å²) < 4.78 is 29.4. The van der Waals surface area contributed by atoms with Crippen LogP contribution in [0.25, 0.3) is 12.2 Å². The second-order valence-electron chi connectivity index (χ2n) is 6.14. The molecular weight excluding hydrogens is 336 g/mol. The highest BCUT2D eigenvalue weighted by atomic mass is 32.1. The Morgan fingerprint density at radius 2 is 1.88 bits per heavy atom. The van der Waals surface area contributed by atoms with Crippen LogP contribution in [0.4, 0.5) is 8.78 Å². The Hall–Kier alpha value is -2.28. The van der Waals surface area contributed by atoms with Gasteiger partial charge in [-0.15, -0.1) is 11.3 Å². The van der Waals surface area contributed by atoms with E-state index in [2.05, 4.69) is 9.72 Å². The van der Waals surface area contributed by atoms with Gasteiger partial charge < -0.3 is 9.72 Å². The molecule has 0 atom stereocenters. The molecule has 0 unspecified atom stereocenters. The quantitative estimate of drug-likeness (QED) is 0.917. The van der Waals surface area contributed by atoms with E-state index in [1.807, 2.05) is 0 Å². The van der Waals surface area contributed by atoms with Crippen molar-refractivity contribution < 1.29 is 18.3 Å². The molecule has 1 aromatic heterocycles. The highest BCUT2D eigenvalue weighted by molar-refractivity contribution is 7.07. The first kappa shape index (κ1) is 18.1. The van der Waals surface area contributed by atoms with Crippen LogP contribution in [0.2, 0.25) is 0 Å². The van der Waals surface area contributed by atoms with Gasteiger partial charge in [-0.3, -0.25) is 9.59 Å². The van der Waals surface area contributed by atoms with Gasteiger partial charge >= 0.3 is 6.61 Å². The first-order valence-corrected chi connectivity index (χ1v) is 7.99. The van der Waals surface area contributed by atoms with Gasteiger partial charge in [-0.05, 0) is 23.8 Å². The van der Waals surface area contributed by atoms with Crippen LogP contribution in [0.3, 0.4) is 0 Å². The Kier molecular flexibility index (Phi) is 5.33. The van der Waals surface area contributed by atoms with E-state index in [-0.39, 0.29) is 17.1 Å². The number of nitrogens with one attached hydrogen (secondary N) is 1. The molecule has 1 aromatic carbocycles. The van der Waals surface area contributed by atoms with Crippen LogP contribution in [-0.4, -0.2) is 17.4 Å². The van der Waals surface area contributed by atoms with Crippen molar-refractivity contribution in [2.45, 2.75) is 27.4 Å². The van der Waals surface area contributed by atoms with Crippen LogP contribution in [0, 0.1) is 5.41 Å². The number of thiazole rings is 1. The molecule has 4 nitrogen and oxygen atoms in total. The molecule has 0 amide bonds. The number of H-pyrrole nitrogens is 1. The van der Waals surface area contributed by atoms with E-state index in [4.69, 9.17) is 0 Å². The van der Waals surface area contributed by atoms with Crippen LogP contribution < -0.4 is 19.5 Å². The summed E-state index contributed by atoms with van der Waals surface area (Å²) in [6.07, 6.45) is 3.04. The molecule has 128 valence electrons. The minimum atomic E-state index is -2.88. The molecule has 0 aliphatic heterocycles. The van der Waals surface area contributed by atoms with Gasteiger partial charge in [0.1, 0.15) is 5.75 Å². The van der Waals surface area contributed by atoms with E-state index in [1.165, 1.54) is 18.2 Å². The van der Waals surface area contributed by atoms with Crippen molar-refractivity contribution in [1.29, 1.82) is 0 Å². The molecule has 24 heavy (non-hydrogen) atoms. The first-order chi connectivity index (χ1) is 11.1. The minimum absolute atomic E-state index is 0.0482. The number of carbonyl (C=O) groups excluding carboxylic acids is 1. The van der Waals surface area contributed by atoms with Crippen molar-refractivity contribution in [3.8, 4) is 5.75 Å². The molecule has 0 spiro atoms. The number of hydrogen-bond donors (Lipinski definition) is 1. The van der Waals surface area contributed by atoms with Gasteiger partial charge in [0.05, 0.1) is 9.20 Å². The number of rotatable bonds is 4. The maximum atomic E-state index is 12.1. The molecule has 0 saturated heterocycles. The highest BCUT2D eigenvalue weighted by Crippen LogP contribution is 2.15. The van der Waals surface area contributed by atoms with Crippen molar-refractivity contribution in [1.82, 2.24) is 4.98 Å². The Morgan fingerprint density at radius 3 is 2.42 bits per heavy atom. The van der Waals surface area contributed by atoms with E-state index in [0.717, 1.165) is 11.3 Å². The van der Waals surface area contributed by atoms with Gasteiger partial charge in [0.25, 0.3) is 5.56 Å². The molecule has 1 heterocycles. The minimum Gasteiger partial charge on any atom is -0.435 e. The molecule has 0 saturated carbocycles. The number of hydrogen-bond acceptors (Lipinski definition) is 4. The SMILES string of the molecule is CC(C)(C)C(=O)/C=c1/[nH]c(=O)/c(=C/c2ccc(OC(F)F)cc2)s1.